The third kappa shape index (κ3) is 3.77. The van der Waals surface area contributed by atoms with E-state index >= 15 is 0 Å². The van der Waals surface area contributed by atoms with Crippen molar-refractivity contribution in [1.82, 2.24) is 4.31 Å². The van der Waals surface area contributed by atoms with Crippen molar-refractivity contribution in [3.63, 3.8) is 0 Å². The Hall–Kier alpha value is -0.430. The van der Waals surface area contributed by atoms with Gasteiger partial charge in [0.2, 0.25) is 0 Å². The van der Waals surface area contributed by atoms with Crippen molar-refractivity contribution in [2.24, 2.45) is 5.14 Å². The number of nitrogens with two attached hydrogens (primary N) is 1. The second kappa shape index (κ2) is 5.95. The van der Waals surface area contributed by atoms with Crippen molar-refractivity contribution in [1.29, 1.82) is 0 Å². The zero-order valence-electron chi connectivity index (χ0n) is 9.93. The maximum atomic E-state index is 11.5. The van der Waals surface area contributed by atoms with Gasteiger partial charge in [-0.25, -0.2) is 5.14 Å². The SMILES string of the molecule is CCCN(C(C)c1ccccc1Br)S(N)(=O)=O. The Kier molecular flexibility index (Phi) is 5.12. The van der Waals surface area contributed by atoms with Crippen LogP contribution >= 0.6 is 15.9 Å². The van der Waals surface area contributed by atoms with Crippen LogP contribution < -0.4 is 5.14 Å². The van der Waals surface area contributed by atoms with Gasteiger partial charge in [-0.3, -0.25) is 0 Å². The Morgan fingerprint density at radius 1 is 1.41 bits per heavy atom. The highest BCUT2D eigenvalue weighted by molar-refractivity contribution is 9.10. The smallest absolute Gasteiger partial charge is 0.216 e. The molecule has 0 spiro atoms. The molecule has 0 radical (unpaired) electrons. The molecular weight excluding hydrogens is 304 g/mol. The van der Waals surface area contributed by atoms with Crippen LogP contribution in [0.5, 0.6) is 0 Å². The van der Waals surface area contributed by atoms with Gasteiger partial charge in [-0.1, -0.05) is 41.1 Å². The minimum absolute atomic E-state index is 0.277. The molecule has 17 heavy (non-hydrogen) atoms. The number of halogens is 1. The average Bonchev–Trinajstić information content (AvgIpc) is 2.24. The first-order valence-electron chi connectivity index (χ1n) is 5.42. The number of hydrogen-bond acceptors (Lipinski definition) is 2. The Morgan fingerprint density at radius 2 is 2.00 bits per heavy atom. The molecule has 0 fully saturated rings. The first kappa shape index (κ1) is 14.6. The Labute approximate surface area is 111 Å². The first-order valence-corrected chi connectivity index (χ1v) is 7.71. The lowest BCUT2D eigenvalue weighted by Crippen LogP contribution is -2.39. The third-order valence-electron chi connectivity index (χ3n) is 2.56. The fraction of sp³-hybridized carbons (Fsp3) is 0.455. The quantitative estimate of drug-likeness (QED) is 0.905. The standard InChI is InChI=1S/C11H17BrN2O2S/c1-3-8-14(17(13,15)16)9(2)10-6-4-5-7-11(10)12/h4-7,9H,3,8H2,1-2H3,(H2,13,15,16). The van der Waals surface area contributed by atoms with Crippen molar-refractivity contribution in [2.75, 3.05) is 6.54 Å². The van der Waals surface area contributed by atoms with E-state index in [0.29, 0.717) is 6.54 Å². The van der Waals surface area contributed by atoms with Crippen LogP contribution in [-0.4, -0.2) is 19.3 Å². The molecule has 0 bridgehead atoms. The van der Waals surface area contributed by atoms with Crippen LogP contribution in [0.25, 0.3) is 0 Å². The molecule has 1 aromatic carbocycles. The van der Waals surface area contributed by atoms with Crippen LogP contribution in [0.15, 0.2) is 28.7 Å². The summed E-state index contributed by atoms with van der Waals surface area (Å²) >= 11 is 3.42. The number of benzene rings is 1. The van der Waals surface area contributed by atoms with Crippen LogP contribution in [0, 0.1) is 0 Å². The Morgan fingerprint density at radius 3 is 2.47 bits per heavy atom. The lowest BCUT2D eigenvalue weighted by molar-refractivity contribution is 0.342. The van der Waals surface area contributed by atoms with Crippen molar-refractivity contribution in [3.8, 4) is 0 Å². The van der Waals surface area contributed by atoms with Gasteiger partial charge in [-0.2, -0.15) is 12.7 Å². The summed E-state index contributed by atoms with van der Waals surface area (Å²) in [5.41, 5.74) is 0.912. The fourth-order valence-electron chi connectivity index (χ4n) is 1.73. The van der Waals surface area contributed by atoms with E-state index in [2.05, 4.69) is 15.9 Å². The zero-order valence-corrected chi connectivity index (χ0v) is 12.3. The summed E-state index contributed by atoms with van der Waals surface area (Å²) in [7, 11) is -3.68. The minimum atomic E-state index is -3.68. The van der Waals surface area contributed by atoms with Gasteiger partial charge in [-0.15, -0.1) is 0 Å². The van der Waals surface area contributed by atoms with E-state index in [4.69, 9.17) is 5.14 Å². The van der Waals surface area contributed by atoms with E-state index in [1.807, 2.05) is 38.1 Å². The third-order valence-corrected chi connectivity index (χ3v) is 4.43. The van der Waals surface area contributed by atoms with E-state index < -0.39 is 10.2 Å². The molecule has 0 heterocycles. The highest BCUT2D eigenvalue weighted by Crippen LogP contribution is 2.28. The van der Waals surface area contributed by atoms with Gasteiger partial charge in [0.1, 0.15) is 0 Å². The zero-order chi connectivity index (χ0) is 13.1. The van der Waals surface area contributed by atoms with Crippen LogP contribution in [0.3, 0.4) is 0 Å². The highest BCUT2D eigenvalue weighted by Gasteiger charge is 2.25. The molecule has 0 saturated heterocycles. The van der Waals surface area contributed by atoms with E-state index in [1.54, 1.807) is 0 Å². The summed E-state index contributed by atoms with van der Waals surface area (Å²) in [5.74, 6) is 0. The highest BCUT2D eigenvalue weighted by atomic mass is 79.9. The first-order chi connectivity index (χ1) is 7.88. The number of rotatable bonds is 5. The predicted octanol–water partition coefficient (Wildman–Crippen LogP) is 2.43. The minimum Gasteiger partial charge on any atom is -0.216 e. The lowest BCUT2D eigenvalue weighted by Gasteiger charge is -2.26. The topological polar surface area (TPSA) is 63.4 Å². The van der Waals surface area contributed by atoms with Gasteiger partial charge >= 0.3 is 0 Å². The van der Waals surface area contributed by atoms with Crippen molar-refractivity contribution >= 4 is 26.1 Å². The molecule has 2 N–H and O–H groups in total. The van der Waals surface area contributed by atoms with Crippen LogP contribution in [0.1, 0.15) is 31.9 Å². The second-order valence-electron chi connectivity index (χ2n) is 3.85. The molecule has 0 aliphatic rings. The Bertz CT molecular complexity index is 476. The molecule has 1 atom stereocenters. The molecule has 0 aliphatic heterocycles. The molecular formula is C11H17BrN2O2S. The monoisotopic (exact) mass is 320 g/mol. The second-order valence-corrected chi connectivity index (χ2v) is 6.21. The molecule has 1 aromatic rings. The maximum Gasteiger partial charge on any atom is 0.277 e. The summed E-state index contributed by atoms with van der Waals surface area (Å²) in [6.07, 6.45) is 0.727. The Balaban J connectivity index is 3.09. The number of nitrogens with zero attached hydrogens (tertiary/aromatic N) is 1. The normalized spacial score (nSPS) is 13.9. The molecule has 1 unspecified atom stereocenters. The summed E-state index contributed by atoms with van der Waals surface area (Å²) < 4.78 is 25.3. The molecule has 6 heteroatoms. The van der Waals surface area contributed by atoms with E-state index in [9.17, 15) is 8.42 Å². The largest absolute Gasteiger partial charge is 0.277 e. The predicted molar refractivity (Wildman–Crippen MR) is 72.7 cm³/mol. The molecule has 0 amide bonds. The van der Waals surface area contributed by atoms with Gasteiger partial charge in [0.15, 0.2) is 0 Å². The molecule has 0 aliphatic carbocycles. The van der Waals surface area contributed by atoms with Crippen molar-refractivity contribution in [3.05, 3.63) is 34.3 Å². The summed E-state index contributed by atoms with van der Waals surface area (Å²) in [6, 6.07) is 7.27. The summed E-state index contributed by atoms with van der Waals surface area (Å²) in [6.45, 7) is 4.17. The molecule has 0 aromatic heterocycles. The van der Waals surface area contributed by atoms with Gasteiger partial charge < -0.3 is 0 Å². The van der Waals surface area contributed by atoms with Crippen LogP contribution in [-0.2, 0) is 10.2 Å². The van der Waals surface area contributed by atoms with Gasteiger partial charge in [-0.05, 0) is 25.0 Å². The van der Waals surface area contributed by atoms with Gasteiger partial charge in [0.05, 0.1) is 0 Å². The molecule has 0 saturated carbocycles. The number of hydrogen-bond donors (Lipinski definition) is 1. The molecule has 4 nitrogen and oxygen atoms in total. The van der Waals surface area contributed by atoms with Crippen molar-refractivity contribution in [2.45, 2.75) is 26.3 Å². The fourth-order valence-corrected chi connectivity index (χ4v) is 3.34. The molecule has 96 valence electrons. The van der Waals surface area contributed by atoms with E-state index in [-0.39, 0.29) is 6.04 Å². The van der Waals surface area contributed by atoms with Crippen molar-refractivity contribution < 1.29 is 8.42 Å². The lowest BCUT2D eigenvalue weighted by atomic mass is 10.1. The summed E-state index contributed by atoms with van der Waals surface area (Å²) in [5, 5.41) is 5.24. The molecule has 1 rings (SSSR count). The van der Waals surface area contributed by atoms with Gasteiger partial charge in [0, 0.05) is 17.1 Å². The van der Waals surface area contributed by atoms with Crippen LogP contribution in [0.4, 0.5) is 0 Å². The van der Waals surface area contributed by atoms with E-state index in [0.717, 1.165) is 16.5 Å². The van der Waals surface area contributed by atoms with E-state index in [1.165, 1.54) is 4.31 Å². The van der Waals surface area contributed by atoms with Gasteiger partial charge in [0.25, 0.3) is 10.2 Å². The average molecular weight is 321 g/mol. The maximum absolute atomic E-state index is 11.5. The summed E-state index contributed by atoms with van der Waals surface area (Å²) in [4.78, 5) is 0. The van der Waals surface area contributed by atoms with Crippen LogP contribution in [0.2, 0.25) is 0 Å².